The van der Waals surface area contributed by atoms with Gasteiger partial charge in [0.2, 0.25) is 0 Å². The van der Waals surface area contributed by atoms with Gasteiger partial charge in [0, 0.05) is 37.1 Å². The number of rotatable bonds is 6. The van der Waals surface area contributed by atoms with E-state index in [1.54, 1.807) is 18.5 Å². The van der Waals surface area contributed by atoms with Gasteiger partial charge >= 0.3 is 0 Å². The molecule has 2 N–H and O–H groups in total. The third-order valence-electron chi connectivity index (χ3n) is 3.77. The Kier molecular flexibility index (Phi) is 5.42. The number of nitrogens with two attached hydrogens (primary N) is 1. The van der Waals surface area contributed by atoms with Crippen LogP contribution in [0.1, 0.15) is 22.7 Å². The minimum atomic E-state index is -0.188. The summed E-state index contributed by atoms with van der Waals surface area (Å²) < 4.78 is 14.0. The molecule has 2 rings (SSSR count). The Bertz CT molecular complexity index is 572. The van der Waals surface area contributed by atoms with E-state index in [0.29, 0.717) is 12.1 Å². The molecule has 0 bridgehead atoms. The molecule has 1 atom stereocenters. The Labute approximate surface area is 125 Å². The van der Waals surface area contributed by atoms with Crippen LogP contribution in [0.5, 0.6) is 0 Å². The summed E-state index contributed by atoms with van der Waals surface area (Å²) in [7, 11) is 1.99. The van der Waals surface area contributed by atoms with Crippen molar-refractivity contribution in [1.29, 1.82) is 0 Å². The maximum atomic E-state index is 14.0. The fourth-order valence-corrected chi connectivity index (χ4v) is 2.47. The molecule has 0 radical (unpaired) electrons. The van der Waals surface area contributed by atoms with Crippen LogP contribution in [0.2, 0.25) is 0 Å². The monoisotopic (exact) mass is 287 g/mol. The van der Waals surface area contributed by atoms with E-state index in [9.17, 15) is 4.39 Å². The summed E-state index contributed by atoms with van der Waals surface area (Å²) in [5, 5.41) is 0. The zero-order chi connectivity index (χ0) is 15.2. The summed E-state index contributed by atoms with van der Waals surface area (Å²) in [6.45, 7) is 3.18. The summed E-state index contributed by atoms with van der Waals surface area (Å²) in [5.41, 5.74) is 8.82. The van der Waals surface area contributed by atoms with E-state index < -0.39 is 0 Å². The number of aromatic nitrogens is 1. The molecule has 0 fully saturated rings. The van der Waals surface area contributed by atoms with E-state index in [-0.39, 0.29) is 11.9 Å². The third-order valence-corrected chi connectivity index (χ3v) is 3.77. The molecule has 3 nitrogen and oxygen atoms in total. The number of hydrogen-bond acceptors (Lipinski definition) is 3. The molecule has 1 unspecified atom stereocenters. The van der Waals surface area contributed by atoms with Gasteiger partial charge in [0.25, 0.3) is 0 Å². The number of pyridine rings is 1. The predicted molar refractivity (Wildman–Crippen MR) is 83.5 cm³/mol. The minimum Gasteiger partial charge on any atom is -0.329 e. The van der Waals surface area contributed by atoms with Crippen LogP contribution < -0.4 is 5.73 Å². The lowest BCUT2D eigenvalue weighted by atomic mass is 10.0. The first-order valence-electron chi connectivity index (χ1n) is 7.17. The number of halogens is 1. The topological polar surface area (TPSA) is 42.1 Å². The van der Waals surface area contributed by atoms with Crippen LogP contribution in [-0.4, -0.2) is 30.0 Å². The van der Waals surface area contributed by atoms with E-state index in [1.807, 2.05) is 32.2 Å². The third kappa shape index (κ3) is 4.09. The van der Waals surface area contributed by atoms with Crippen molar-refractivity contribution in [2.75, 3.05) is 20.1 Å². The summed E-state index contributed by atoms with van der Waals surface area (Å²) in [4.78, 5) is 6.12. The van der Waals surface area contributed by atoms with Gasteiger partial charge < -0.3 is 5.73 Å². The highest BCUT2D eigenvalue weighted by Crippen LogP contribution is 2.22. The van der Waals surface area contributed by atoms with Crippen molar-refractivity contribution in [3.63, 3.8) is 0 Å². The second-order valence-corrected chi connectivity index (χ2v) is 5.36. The van der Waals surface area contributed by atoms with Gasteiger partial charge in [-0.3, -0.25) is 9.88 Å². The van der Waals surface area contributed by atoms with E-state index in [4.69, 9.17) is 5.73 Å². The van der Waals surface area contributed by atoms with Gasteiger partial charge in [0.05, 0.1) is 0 Å². The maximum absolute atomic E-state index is 14.0. The van der Waals surface area contributed by atoms with Crippen LogP contribution in [0.15, 0.2) is 42.7 Å². The van der Waals surface area contributed by atoms with Gasteiger partial charge in [-0.05, 0) is 44.2 Å². The SMILES string of the molecule is Cc1ccc(F)c(C(CN)N(C)CCc2ccncc2)c1. The van der Waals surface area contributed by atoms with Crippen molar-refractivity contribution in [2.45, 2.75) is 19.4 Å². The normalized spacial score (nSPS) is 12.6. The van der Waals surface area contributed by atoms with E-state index >= 15 is 0 Å². The smallest absolute Gasteiger partial charge is 0.128 e. The van der Waals surface area contributed by atoms with E-state index in [2.05, 4.69) is 9.88 Å². The molecule has 112 valence electrons. The fourth-order valence-electron chi connectivity index (χ4n) is 2.47. The summed E-state index contributed by atoms with van der Waals surface area (Å²) in [5.74, 6) is -0.188. The average Bonchev–Trinajstić information content (AvgIpc) is 2.50. The fraction of sp³-hybridized carbons (Fsp3) is 0.353. The lowest BCUT2D eigenvalue weighted by molar-refractivity contribution is 0.248. The van der Waals surface area contributed by atoms with Gasteiger partial charge in [-0.15, -0.1) is 0 Å². The highest BCUT2D eigenvalue weighted by molar-refractivity contribution is 5.27. The molecule has 0 aliphatic rings. The molecule has 1 aromatic heterocycles. The molecule has 0 aliphatic heterocycles. The largest absolute Gasteiger partial charge is 0.329 e. The molecule has 1 aromatic carbocycles. The van der Waals surface area contributed by atoms with Gasteiger partial charge in [0.1, 0.15) is 5.82 Å². The molecule has 0 amide bonds. The quantitative estimate of drug-likeness (QED) is 0.888. The molecular formula is C17H22FN3. The first-order valence-corrected chi connectivity index (χ1v) is 7.17. The maximum Gasteiger partial charge on any atom is 0.128 e. The van der Waals surface area contributed by atoms with Crippen molar-refractivity contribution in [3.05, 3.63) is 65.2 Å². The van der Waals surface area contributed by atoms with E-state index in [0.717, 1.165) is 18.5 Å². The first-order chi connectivity index (χ1) is 10.1. The number of benzene rings is 1. The predicted octanol–water partition coefficient (Wildman–Crippen LogP) is 2.70. The molecule has 4 heteroatoms. The summed E-state index contributed by atoms with van der Waals surface area (Å²) >= 11 is 0. The molecule has 0 saturated carbocycles. The van der Waals surface area contributed by atoms with E-state index in [1.165, 1.54) is 11.6 Å². The lowest BCUT2D eigenvalue weighted by Gasteiger charge is -2.28. The zero-order valence-electron chi connectivity index (χ0n) is 12.6. The average molecular weight is 287 g/mol. The van der Waals surface area contributed by atoms with Gasteiger partial charge in [0.15, 0.2) is 0 Å². The Hall–Kier alpha value is -1.78. The minimum absolute atomic E-state index is 0.105. The highest BCUT2D eigenvalue weighted by Gasteiger charge is 2.19. The van der Waals surface area contributed by atoms with Crippen LogP contribution >= 0.6 is 0 Å². The first kappa shape index (κ1) is 15.6. The number of likely N-dealkylation sites (N-methyl/N-ethyl adjacent to an activating group) is 1. The van der Waals surface area contributed by atoms with Gasteiger partial charge in [-0.2, -0.15) is 0 Å². The van der Waals surface area contributed by atoms with Crippen molar-refractivity contribution >= 4 is 0 Å². The van der Waals surface area contributed by atoms with Crippen molar-refractivity contribution < 1.29 is 4.39 Å². The van der Waals surface area contributed by atoms with Gasteiger partial charge in [-0.25, -0.2) is 4.39 Å². The zero-order valence-corrected chi connectivity index (χ0v) is 12.6. The molecule has 1 heterocycles. The molecule has 0 spiro atoms. The highest BCUT2D eigenvalue weighted by atomic mass is 19.1. The molecule has 0 saturated heterocycles. The summed E-state index contributed by atoms with van der Waals surface area (Å²) in [6.07, 6.45) is 4.47. The van der Waals surface area contributed by atoms with Crippen LogP contribution in [0.3, 0.4) is 0 Å². The van der Waals surface area contributed by atoms with Crippen molar-refractivity contribution in [2.24, 2.45) is 5.73 Å². The Morgan fingerprint density at radius 1 is 1.24 bits per heavy atom. The summed E-state index contributed by atoms with van der Waals surface area (Å²) in [6, 6.07) is 9.08. The Balaban J connectivity index is 2.08. The second-order valence-electron chi connectivity index (χ2n) is 5.36. The number of hydrogen-bond donors (Lipinski definition) is 1. The molecule has 21 heavy (non-hydrogen) atoms. The van der Waals surface area contributed by atoms with Crippen molar-refractivity contribution in [3.8, 4) is 0 Å². The Morgan fingerprint density at radius 3 is 2.62 bits per heavy atom. The standard InChI is InChI=1S/C17H22FN3/c1-13-3-4-16(18)15(11-13)17(12-19)21(2)10-7-14-5-8-20-9-6-14/h3-6,8-9,11,17H,7,10,12,19H2,1-2H3. The Morgan fingerprint density at radius 2 is 1.95 bits per heavy atom. The van der Waals surface area contributed by atoms with Crippen LogP contribution in [-0.2, 0) is 6.42 Å². The van der Waals surface area contributed by atoms with Crippen LogP contribution in [0.4, 0.5) is 4.39 Å². The van der Waals surface area contributed by atoms with Crippen LogP contribution in [0.25, 0.3) is 0 Å². The van der Waals surface area contributed by atoms with Crippen LogP contribution in [0, 0.1) is 12.7 Å². The molecule has 0 aliphatic carbocycles. The second kappa shape index (κ2) is 7.29. The van der Waals surface area contributed by atoms with Crippen molar-refractivity contribution in [1.82, 2.24) is 9.88 Å². The van der Waals surface area contributed by atoms with Gasteiger partial charge in [-0.1, -0.05) is 17.7 Å². The number of nitrogens with zero attached hydrogens (tertiary/aromatic N) is 2. The molecule has 2 aromatic rings. The molecular weight excluding hydrogens is 265 g/mol. The number of aryl methyl sites for hydroxylation is 1. The lowest BCUT2D eigenvalue weighted by Crippen LogP contribution is -2.32.